The highest BCUT2D eigenvalue weighted by molar-refractivity contribution is 7.80. The van der Waals surface area contributed by atoms with Gasteiger partial charge in [0.05, 0.1) is 13.2 Å². The van der Waals surface area contributed by atoms with Crippen molar-refractivity contribution in [3.8, 4) is 0 Å². The zero-order valence-electron chi connectivity index (χ0n) is 19.8. The smallest absolute Gasteiger partial charge is 0.327 e. The van der Waals surface area contributed by atoms with Crippen molar-refractivity contribution in [3.05, 3.63) is 48.1 Å². The second-order valence-corrected chi connectivity index (χ2v) is 8.76. The fourth-order valence-electron chi connectivity index (χ4n) is 4.04. The molecule has 0 fully saturated rings. The van der Waals surface area contributed by atoms with Crippen LogP contribution in [-0.2, 0) is 21.7 Å². The number of halogens is 4. The lowest BCUT2D eigenvalue weighted by molar-refractivity contribution is -0.165. The predicted octanol–water partition coefficient (Wildman–Crippen LogP) is 2.40. The van der Waals surface area contributed by atoms with Crippen molar-refractivity contribution in [2.75, 3.05) is 6.67 Å². The zero-order chi connectivity index (χ0) is 26.9. The average molecular weight is 535 g/mol. The Morgan fingerprint density at radius 1 is 1.36 bits per heavy atom. The Balaban J connectivity index is 2.55. The van der Waals surface area contributed by atoms with Crippen molar-refractivity contribution >= 4 is 23.3 Å². The van der Waals surface area contributed by atoms with Crippen LogP contribution >= 0.6 is 12.2 Å². The zero-order valence-corrected chi connectivity index (χ0v) is 20.7. The maximum absolute atomic E-state index is 14.9. The molecule has 0 aliphatic carbocycles. The number of hydrazine groups is 1. The maximum Gasteiger partial charge on any atom is 0.327 e. The number of nitrogens with two attached hydrogens (primary N) is 1. The Morgan fingerprint density at radius 2 is 2.08 bits per heavy atom. The van der Waals surface area contributed by atoms with Gasteiger partial charge >= 0.3 is 5.97 Å². The van der Waals surface area contributed by atoms with Gasteiger partial charge in [0.25, 0.3) is 0 Å². The normalized spacial score (nSPS) is 16.4. The van der Waals surface area contributed by atoms with Crippen molar-refractivity contribution in [2.24, 2.45) is 17.6 Å². The first-order valence-electron chi connectivity index (χ1n) is 11.2. The fraction of sp³-hybridized carbons (Fsp3) is 0.545. The van der Waals surface area contributed by atoms with Crippen LogP contribution < -0.4 is 16.6 Å². The van der Waals surface area contributed by atoms with Crippen LogP contribution in [0.4, 0.5) is 17.6 Å². The van der Waals surface area contributed by atoms with E-state index in [0.29, 0.717) is 12.5 Å². The van der Waals surface area contributed by atoms with Gasteiger partial charge in [-0.3, -0.25) is 14.6 Å². The van der Waals surface area contributed by atoms with E-state index in [-0.39, 0.29) is 30.1 Å². The van der Waals surface area contributed by atoms with Crippen molar-refractivity contribution in [1.29, 1.82) is 0 Å². The third kappa shape index (κ3) is 7.58. The fourth-order valence-corrected chi connectivity index (χ4v) is 4.10. The minimum absolute atomic E-state index is 0.0679. The topological polar surface area (TPSA) is 127 Å². The Bertz CT molecular complexity index is 1000. The summed E-state index contributed by atoms with van der Waals surface area (Å²) >= 11 is 4.75. The molecule has 0 spiro atoms. The van der Waals surface area contributed by atoms with Crippen LogP contribution in [0.5, 0.6) is 0 Å². The Kier molecular flexibility index (Phi) is 11.0. The molecule has 9 nitrogen and oxygen atoms in total. The van der Waals surface area contributed by atoms with E-state index in [1.807, 2.05) is 0 Å². The maximum atomic E-state index is 14.9. The number of alkyl halides is 2. The average Bonchev–Trinajstić information content (AvgIpc) is 3.30. The number of rotatable bonds is 14. The van der Waals surface area contributed by atoms with Crippen LogP contribution in [0.1, 0.15) is 38.7 Å². The van der Waals surface area contributed by atoms with Gasteiger partial charge in [0.2, 0.25) is 6.36 Å². The number of carbonyl (C=O) groups is 1. The molecule has 0 bridgehead atoms. The minimum atomic E-state index is -2.16. The highest BCUT2D eigenvalue weighted by Gasteiger charge is 2.47. The van der Waals surface area contributed by atoms with Gasteiger partial charge in [0, 0.05) is 18.1 Å². The molecular weight excluding hydrogens is 504 g/mol. The lowest BCUT2D eigenvalue weighted by Crippen LogP contribution is -2.57. The van der Waals surface area contributed by atoms with Gasteiger partial charge in [-0.05, 0) is 43.0 Å². The molecule has 2 rings (SSSR count). The van der Waals surface area contributed by atoms with E-state index in [2.05, 4.69) is 20.9 Å². The van der Waals surface area contributed by atoms with Crippen LogP contribution in [-0.4, -0.2) is 50.0 Å². The second-order valence-electron chi connectivity index (χ2n) is 8.32. The number of carbonyl (C=O) groups excluding carboxylic acids is 1. The standard InChI is InChI=1S/C22H30F4N6O3S/c1-3-4-18(26)35-20(33)19(30-31-21(27)36)15(7-8-23)13(2)22(34,10-32-12-28-11-29-32)16-6-5-14(24)9-17(16)25/h5-6,9,11-13,15,18-19,30,34H,3-4,7-8,10H2,1-2H3,(H3,27,31,36)/t13-,15?,18?,19?,22-/m1/s1. The van der Waals surface area contributed by atoms with Gasteiger partial charge in [-0.2, -0.15) is 5.10 Å². The Hall–Kier alpha value is -2.84. The molecule has 0 radical (unpaired) electrons. The van der Waals surface area contributed by atoms with Gasteiger partial charge in [0.15, 0.2) is 5.11 Å². The van der Waals surface area contributed by atoms with Crippen molar-refractivity contribution in [3.63, 3.8) is 0 Å². The summed E-state index contributed by atoms with van der Waals surface area (Å²) < 4.78 is 62.6. The number of hydrogen-bond acceptors (Lipinski definition) is 7. The van der Waals surface area contributed by atoms with Gasteiger partial charge in [-0.25, -0.2) is 28.3 Å². The molecule has 1 aromatic carbocycles. The van der Waals surface area contributed by atoms with Gasteiger partial charge in [-0.1, -0.05) is 19.9 Å². The molecule has 14 heteroatoms. The minimum Gasteiger partial charge on any atom is -0.430 e. The van der Waals surface area contributed by atoms with E-state index >= 15 is 0 Å². The number of aromatic nitrogens is 3. The molecule has 1 aromatic heterocycles. The summed E-state index contributed by atoms with van der Waals surface area (Å²) in [5.74, 6) is -5.30. The van der Waals surface area contributed by atoms with Crippen molar-refractivity contribution < 1.29 is 32.2 Å². The highest BCUT2D eigenvalue weighted by atomic mass is 32.1. The molecular formula is C22H30F4N6O3S. The summed E-state index contributed by atoms with van der Waals surface area (Å²) in [7, 11) is 0. The van der Waals surface area contributed by atoms with Crippen molar-refractivity contribution in [2.45, 2.75) is 57.7 Å². The molecule has 2 aromatic rings. The van der Waals surface area contributed by atoms with E-state index < -0.39 is 54.1 Å². The third-order valence-corrected chi connectivity index (χ3v) is 6.00. The first-order chi connectivity index (χ1) is 17.0. The second kappa shape index (κ2) is 13.5. The van der Waals surface area contributed by atoms with Crippen LogP contribution in [0, 0.1) is 23.5 Å². The number of nitrogens with zero attached hydrogens (tertiary/aromatic N) is 3. The molecule has 5 N–H and O–H groups in total. The number of thiocarbonyl (C=S) groups is 1. The molecule has 0 aliphatic rings. The monoisotopic (exact) mass is 534 g/mol. The summed E-state index contributed by atoms with van der Waals surface area (Å²) in [6, 6.07) is 1.13. The molecule has 1 heterocycles. The molecule has 5 atom stereocenters. The van der Waals surface area contributed by atoms with E-state index in [1.54, 1.807) is 6.92 Å². The molecule has 0 saturated carbocycles. The number of hydrogen-bond donors (Lipinski definition) is 4. The lowest BCUT2D eigenvalue weighted by Gasteiger charge is -2.41. The van der Waals surface area contributed by atoms with E-state index in [0.717, 1.165) is 12.1 Å². The van der Waals surface area contributed by atoms with Crippen LogP contribution in [0.2, 0.25) is 0 Å². The molecule has 0 amide bonds. The van der Waals surface area contributed by atoms with Gasteiger partial charge in [0.1, 0.15) is 35.9 Å². The van der Waals surface area contributed by atoms with Gasteiger partial charge < -0.3 is 15.6 Å². The summed E-state index contributed by atoms with van der Waals surface area (Å²) in [4.78, 5) is 16.7. The highest BCUT2D eigenvalue weighted by Crippen LogP contribution is 2.40. The van der Waals surface area contributed by atoms with Crippen LogP contribution in [0.15, 0.2) is 30.9 Å². The molecule has 0 aliphatic heterocycles. The quantitative estimate of drug-likeness (QED) is 0.125. The first kappa shape index (κ1) is 29.4. The van der Waals surface area contributed by atoms with Crippen LogP contribution in [0.25, 0.3) is 0 Å². The number of benzene rings is 1. The summed E-state index contributed by atoms with van der Waals surface area (Å²) in [5.41, 5.74) is 7.84. The number of ether oxygens (including phenoxy) is 1. The van der Waals surface area contributed by atoms with Crippen molar-refractivity contribution in [1.82, 2.24) is 25.6 Å². The van der Waals surface area contributed by atoms with E-state index in [4.69, 9.17) is 22.7 Å². The molecule has 0 saturated heterocycles. The number of nitrogens with one attached hydrogen (secondary N) is 2. The van der Waals surface area contributed by atoms with E-state index in [1.165, 1.54) is 24.3 Å². The summed E-state index contributed by atoms with van der Waals surface area (Å²) in [6.07, 6.45) is 0.515. The summed E-state index contributed by atoms with van der Waals surface area (Å²) in [5, 5.41) is 15.5. The third-order valence-electron chi connectivity index (χ3n) is 5.90. The Morgan fingerprint density at radius 3 is 2.64 bits per heavy atom. The summed E-state index contributed by atoms with van der Waals surface area (Å²) in [6.45, 7) is 1.81. The number of aliphatic hydroxyl groups is 1. The van der Waals surface area contributed by atoms with E-state index in [9.17, 15) is 27.5 Å². The largest absolute Gasteiger partial charge is 0.430 e. The molecule has 200 valence electrons. The Labute approximate surface area is 211 Å². The predicted molar refractivity (Wildman–Crippen MR) is 126 cm³/mol. The molecule has 3 unspecified atom stereocenters. The lowest BCUT2D eigenvalue weighted by atomic mass is 9.71. The van der Waals surface area contributed by atoms with Gasteiger partial charge in [-0.15, -0.1) is 0 Å². The van der Waals surface area contributed by atoms with Crippen LogP contribution in [0.3, 0.4) is 0 Å². The molecule has 36 heavy (non-hydrogen) atoms. The number of esters is 1. The first-order valence-corrected chi connectivity index (χ1v) is 11.7. The SMILES string of the molecule is CCCC(F)OC(=O)C(NNC(N)=S)C(CCF)[C@@H](C)[C@](O)(Cn1cncn1)c1ccc(F)cc1F.